The molecule has 0 fully saturated rings. The van der Waals surface area contributed by atoms with Crippen LogP contribution in [0, 0.1) is 11.3 Å². The van der Waals surface area contributed by atoms with Gasteiger partial charge in [-0.1, -0.05) is 23.7 Å². The summed E-state index contributed by atoms with van der Waals surface area (Å²) >= 11 is 5.80. The Hall–Kier alpha value is -2.41. The summed E-state index contributed by atoms with van der Waals surface area (Å²) in [5.41, 5.74) is -3.70. The molecular weight excluding hydrogens is 417 g/mol. The number of hydrogen-bond donors (Lipinski definition) is 2. The molecule has 0 aliphatic rings. The maximum Gasteiger partial charge on any atom is 0.426 e. The van der Waals surface area contributed by atoms with Crippen molar-refractivity contribution < 1.29 is 27.3 Å². The average molecular weight is 431 g/mol. The summed E-state index contributed by atoms with van der Waals surface area (Å²) in [6.07, 6.45) is -4.89. The largest absolute Gasteiger partial charge is 0.426 e. The predicted molar refractivity (Wildman–Crippen MR) is 98.3 cm³/mol. The third kappa shape index (κ3) is 4.70. The van der Waals surface area contributed by atoms with Crippen LogP contribution in [-0.4, -0.2) is 33.3 Å². The number of carbonyl (C=O) groups is 1. The second-order valence-corrected chi connectivity index (χ2v) is 7.68. The highest BCUT2D eigenvalue weighted by Gasteiger charge is 2.59. The van der Waals surface area contributed by atoms with E-state index in [0.29, 0.717) is 4.90 Å². The van der Waals surface area contributed by atoms with Crippen LogP contribution in [0.1, 0.15) is 11.1 Å². The highest BCUT2D eigenvalue weighted by Crippen LogP contribution is 2.35. The normalized spacial score (nSPS) is 14.6. The van der Waals surface area contributed by atoms with Crippen molar-refractivity contribution in [1.82, 2.24) is 0 Å². The Kier molecular flexibility index (Phi) is 6.49. The lowest BCUT2D eigenvalue weighted by Crippen LogP contribution is -2.56. The first-order chi connectivity index (χ1) is 13.0. The quantitative estimate of drug-likeness (QED) is 0.760. The molecular formula is C18H14ClF3N2O3S. The zero-order chi connectivity index (χ0) is 21.1. The van der Waals surface area contributed by atoms with Crippen LogP contribution in [-0.2, 0) is 22.0 Å². The van der Waals surface area contributed by atoms with Gasteiger partial charge in [-0.05, 0) is 35.9 Å². The molecule has 0 aliphatic carbocycles. The van der Waals surface area contributed by atoms with E-state index in [1.165, 1.54) is 42.7 Å². The van der Waals surface area contributed by atoms with Crippen LogP contribution in [0.15, 0.2) is 47.4 Å². The van der Waals surface area contributed by atoms with Crippen molar-refractivity contribution in [1.29, 1.82) is 5.26 Å². The average Bonchev–Trinajstić information content (AvgIpc) is 2.61. The van der Waals surface area contributed by atoms with Crippen LogP contribution < -0.4 is 5.32 Å². The first kappa shape index (κ1) is 21.9. The minimum absolute atomic E-state index is 0.0297. The third-order valence-corrected chi connectivity index (χ3v) is 5.16. The molecule has 0 saturated heterocycles. The number of nitriles is 1. The molecule has 1 amide bonds. The molecule has 28 heavy (non-hydrogen) atoms. The molecule has 0 bridgehead atoms. The molecule has 0 aliphatic heterocycles. The molecule has 0 aromatic heterocycles. The summed E-state index contributed by atoms with van der Waals surface area (Å²) in [7, 11) is -1.32. The van der Waals surface area contributed by atoms with E-state index in [1.54, 1.807) is 6.07 Å². The van der Waals surface area contributed by atoms with E-state index in [-0.39, 0.29) is 21.8 Å². The van der Waals surface area contributed by atoms with Crippen LogP contribution in [0.25, 0.3) is 0 Å². The molecule has 10 heteroatoms. The van der Waals surface area contributed by atoms with Crippen molar-refractivity contribution in [2.24, 2.45) is 0 Å². The molecule has 2 rings (SSSR count). The summed E-state index contributed by atoms with van der Waals surface area (Å²) in [6.45, 7) is 0. The highest BCUT2D eigenvalue weighted by molar-refractivity contribution is 7.84. The second kappa shape index (κ2) is 8.31. The Balaban J connectivity index is 2.31. The van der Waals surface area contributed by atoms with Gasteiger partial charge in [0.05, 0.1) is 10.6 Å². The van der Waals surface area contributed by atoms with Gasteiger partial charge in [-0.3, -0.25) is 9.00 Å². The topological polar surface area (TPSA) is 90.2 Å². The fraction of sp³-hybridized carbons (Fsp3) is 0.222. The van der Waals surface area contributed by atoms with Gasteiger partial charge in [0.1, 0.15) is 6.07 Å². The van der Waals surface area contributed by atoms with Crippen LogP contribution in [0.2, 0.25) is 5.02 Å². The van der Waals surface area contributed by atoms with Gasteiger partial charge in [0.15, 0.2) is 0 Å². The number of alkyl halides is 3. The zero-order valence-electron chi connectivity index (χ0n) is 14.4. The van der Waals surface area contributed by atoms with Gasteiger partial charge < -0.3 is 10.4 Å². The number of aliphatic hydroxyl groups is 1. The summed E-state index contributed by atoms with van der Waals surface area (Å²) in [5.74, 6) is -1.69. The van der Waals surface area contributed by atoms with Crippen LogP contribution in [0.5, 0.6) is 0 Å². The Morgan fingerprint density at radius 3 is 2.32 bits per heavy atom. The second-order valence-electron chi connectivity index (χ2n) is 5.89. The summed E-state index contributed by atoms with van der Waals surface area (Å²) in [6, 6.07) is 10.6. The van der Waals surface area contributed by atoms with Gasteiger partial charge in [-0.15, -0.1) is 0 Å². The predicted octanol–water partition coefficient (Wildman–Crippen LogP) is 3.42. The smallest absolute Gasteiger partial charge is 0.372 e. The maximum absolute atomic E-state index is 13.5. The molecule has 0 spiro atoms. The van der Waals surface area contributed by atoms with E-state index in [1.807, 2.05) is 5.32 Å². The summed E-state index contributed by atoms with van der Waals surface area (Å²) in [5, 5.41) is 20.9. The molecule has 2 aromatic carbocycles. The van der Waals surface area contributed by atoms with E-state index in [4.69, 9.17) is 16.9 Å². The lowest BCUT2D eigenvalue weighted by molar-refractivity contribution is -0.248. The number of nitrogens with zero attached hydrogens (tertiary/aromatic N) is 1. The van der Waals surface area contributed by atoms with Gasteiger partial charge in [0.25, 0.3) is 5.91 Å². The first-order valence-corrected chi connectivity index (χ1v) is 9.64. The monoisotopic (exact) mass is 430 g/mol. The van der Waals surface area contributed by atoms with Gasteiger partial charge in [-0.25, -0.2) is 0 Å². The minimum atomic E-state index is -5.26. The highest BCUT2D eigenvalue weighted by atomic mass is 35.5. The standard InChI is InChI=1S/C18H14ClF3N2O3S/c1-28(27)14-6-2-11(3-7-14)9-17(26,18(20,21)22)16(25)24-13-5-4-12(10-23)15(19)8-13/h2-8,26H,9H2,1H3,(H,24,25). The van der Waals surface area contributed by atoms with Gasteiger partial charge in [0.2, 0.25) is 5.60 Å². The molecule has 148 valence electrons. The van der Waals surface area contributed by atoms with E-state index in [9.17, 15) is 27.3 Å². The lowest BCUT2D eigenvalue weighted by atomic mass is 9.92. The molecule has 2 atom stereocenters. The molecule has 0 radical (unpaired) electrons. The van der Waals surface area contributed by atoms with Crippen LogP contribution in [0.4, 0.5) is 18.9 Å². The number of halogens is 4. The van der Waals surface area contributed by atoms with Crippen molar-refractivity contribution in [3.05, 3.63) is 58.6 Å². The number of benzene rings is 2. The van der Waals surface area contributed by atoms with Crippen molar-refractivity contribution in [3.63, 3.8) is 0 Å². The fourth-order valence-electron chi connectivity index (χ4n) is 2.32. The van der Waals surface area contributed by atoms with Crippen LogP contribution >= 0.6 is 11.6 Å². The van der Waals surface area contributed by atoms with Gasteiger partial charge >= 0.3 is 6.18 Å². The van der Waals surface area contributed by atoms with E-state index in [0.717, 1.165) is 6.07 Å². The Morgan fingerprint density at radius 1 is 1.25 bits per heavy atom. The number of hydrogen-bond acceptors (Lipinski definition) is 4. The first-order valence-electron chi connectivity index (χ1n) is 7.70. The van der Waals surface area contributed by atoms with Crippen molar-refractivity contribution in [2.75, 3.05) is 11.6 Å². The SMILES string of the molecule is CS(=O)c1ccc(CC(O)(C(=O)Nc2ccc(C#N)c(Cl)c2)C(F)(F)F)cc1. The van der Waals surface area contributed by atoms with Gasteiger partial charge in [-0.2, -0.15) is 18.4 Å². The number of nitrogens with one attached hydrogen (secondary N) is 1. The third-order valence-electron chi connectivity index (χ3n) is 3.91. The molecule has 0 heterocycles. The van der Waals surface area contributed by atoms with Crippen LogP contribution in [0.3, 0.4) is 0 Å². The van der Waals surface area contributed by atoms with Crippen molar-refractivity contribution in [3.8, 4) is 6.07 Å². The number of anilines is 1. The Bertz CT molecular complexity index is 958. The summed E-state index contributed by atoms with van der Waals surface area (Å²) < 4.78 is 51.9. The number of carbonyl (C=O) groups excluding carboxylic acids is 1. The van der Waals surface area contributed by atoms with E-state index < -0.39 is 34.9 Å². The molecule has 5 nitrogen and oxygen atoms in total. The van der Waals surface area contributed by atoms with E-state index in [2.05, 4.69) is 0 Å². The summed E-state index contributed by atoms with van der Waals surface area (Å²) in [4.78, 5) is 12.7. The number of amides is 1. The van der Waals surface area contributed by atoms with E-state index >= 15 is 0 Å². The van der Waals surface area contributed by atoms with Crippen molar-refractivity contribution >= 4 is 34.0 Å². The molecule has 0 saturated carbocycles. The number of rotatable bonds is 5. The molecule has 2 N–H and O–H groups in total. The Morgan fingerprint density at radius 2 is 1.86 bits per heavy atom. The fourth-order valence-corrected chi connectivity index (χ4v) is 3.06. The maximum atomic E-state index is 13.5. The zero-order valence-corrected chi connectivity index (χ0v) is 16.0. The van der Waals surface area contributed by atoms with Crippen molar-refractivity contribution in [2.45, 2.75) is 23.1 Å². The Labute approximate surface area is 166 Å². The van der Waals surface area contributed by atoms with Gasteiger partial charge in [0, 0.05) is 34.1 Å². The molecule has 2 aromatic rings. The molecule has 2 unspecified atom stereocenters. The minimum Gasteiger partial charge on any atom is -0.372 e. The lowest BCUT2D eigenvalue weighted by Gasteiger charge is -2.29.